The summed E-state index contributed by atoms with van der Waals surface area (Å²) in [6.07, 6.45) is 2.14. The molecule has 6 nitrogen and oxygen atoms in total. The van der Waals surface area contributed by atoms with Crippen molar-refractivity contribution in [3.05, 3.63) is 56.7 Å². The van der Waals surface area contributed by atoms with E-state index in [4.69, 9.17) is 9.72 Å². The monoisotopic (exact) mass is 443 g/mol. The van der Waals surface area contributed by atoms with Crippen LogP contribution in [0.1, 0.15) is 28.8 Å². The van der Waals surface area contributed by atoms with Gasteiger partial charge in [-0.15, -0.1) is 11.3 Å². The second-order valence-corrected chi connectivity index (χ2v) is 9.61. The van der Waals surface area contributed by atoms with Crippen molar-refractivity contribution < 1.29 is 9.53 Å². The van der Waals surface area contributed by atoms with E-state index in [2.05, 4.69) is 5.32 Å². The summed E-state index contributed by atoms with van der Waals surface area (Å²) in [6.45, 7) is 5.71. The third-order valence-corrected chi connectivity index (χ3v) is 7.40. The number of aryl methyl sites for hydroxylation is 2. The lowest BCUT2D eigenvalue weighted by molar-refractivity contribution is -0.119. The topological polar surface area (TPSA) is 73.2 Å². The van der Waals surface area contributed by atoms with Crippen LogP contribution >= 0.6 is 23.1 Å². The van der Waals surface area contributed by atoms with Gasteiger partial charge in [0, 0.05) is 18.0 Å². The first-order chi connectivity index (χ1) is 14.5. The Morgan fingerprint density at radius 2 is 2.13 bits per heavy atom. The second-order valence-electron chi connectivity index (χ2n) is 7.46. The molecule has 2 aromatic heterocycles. The van der Waals surface area contributed by atoms with Crippen molar-refractivity contribution in [2.24, 2.45) is 0 Å². The van der Waals surface area contributed by atoms with Gasteiger partial charge >= 0.3 is 0 Å². The normalized spacial score (nSPS) is 16.3. The zero-order chi connectivity index (χ0) is 21.1. The SMILES string of the molecule is Cc1sc2nc(SCC(=O)NC[C@H]3CCCO3)n(Cc3ccccc3)c(=O)c2c1C. The van der Waals surface area contributed by atoms with Crippen LogP contribution in [0, 0.1) is 13.8 Å². The molecule has 0 aliphatic carbocycles. The highest BCUT2D eigenvalue weighted by Crippen LogP contribution is 2.28. The number of hydrogen-bond donors (Lipinski definition) is 1. The van der Waals surface area contributed by atoms with Crippen molar-refractivity contribution in [1.82, 2.24) is 14.9 Å². The third-order valence-electron chi connectivity index (χ3n) is 5.32. The van der Waals surface area contributed by atoms with E-state index in [1.807, 2.05) is 44.2 Å². The summed E-state index contributed by atoms with van der Waals surface area (Å²) in [5.41, 5.74) is 1.96. The van der Waals surface area contributed by atoms with Gasteiger partial charge in [-0.2, -0.15) is 0 Å². The highest BCUT2D eigenvalue weighted by Gasteiger charge is 2.19. The summed E-state index contributed by atoms with van der Waals surface area (Å²) in [4.78, 5) is 32.3. The molecule has 30 heavy (non-hydrogen) atoms. The summed E-state index contributed by atoms with van der Waals surface area (Å²) in [5, 5.41) is 4.19. The van der Waals surface area contributed by atoms with Gasteiger partial charge in [-0.1, -0.05) is 42.1 Å². The first kappa shape index (κ1) is 21.1. The average Bonchev–Trinajstić information content (AvgIpc) is 3.36. The number of fused-ring (bicyclic) bond motifs is 1. The Morgan fingerprint density at radius 3 is 2.87 bits per heavy atom. The number of thioether (sulfide) groups is 1. The van der Waals surface area contributed by atoms with Crippen molar-refractivity contribution in [2.75, 3.05) is 18.9 Å². The van der Waals surface area contributed by atoms with E-state index in [0.29, 0.717) is 23.6 Å². The number of carbonyl (C=O) groups excluding carboxylic acids is 1. The molecule has 0 bridgehead atoms. The molecule has 1 N–H and O–H groups in total. The van der Waals surface area contributed by atoms with Crippen LogP contribution in [0.15, 0.2) is 40.3 Å². The van der Waals surface area contributed by atoms with Crippen LogP contribution < -0.4 is 10.9 Å². The highest BCUT2D eigenvalue weighted by atomic mass is 32.2. The lowest BCUT2D eigenvalue weighted by Crippen LogP contribution is -2.33. The standard InChI is InChI=1S/C22H25N3O3S2/c1-14-15(2)30-20-19(14)21(27)25(12-16-7-4-3-5-8-16)22(24-20)29-13-18(26)23-11-17-9-6-10-28-17/h3-5,7-8,17H,6,9-13H2,1-2H3,(H,23,26)/t17-/m1/s1. The fourth-order valence-corrected chi connectivity index (χ4v) is 5.44. The number of nitrogens with zero attached hydrogens (tertiary/aromatic N) is 2. The van der Waals surface area contributed by atoms with E-state index >= 15 is 0 Å². The molecule has 0 unspecified atom stereocenters. The van der Waals surface area contributed by atoms with Crippen molar-refractivity contribution in [3.63, 3.8) is 0 Å². The molecule has 158 valence electrons. The van der Waals surface area contributed by atoms with E-state index in [9.17, 15) is 9.59 Å². The smallest absolute Gasteiger partial charge is 0.263 e. The predicted octanol–water partition coefficient (Wildman–Crippen LogP) is 3.51. The van der Waals surface area contributed by atoms with Gasteiger partial charge in [0.05, 0.1) is 23.8 Å². The number of nitrogens with one attached hydrogen (secondary N) is 1. The summed E-state index contributed by atoms with van der Waals surface area (Å²) >= 11 is 2.84. The molecule has 8 heteroatoms. The van der Waals surface area contributed by atoms with Crippen LogP contribution in [0.4, 0.5) is 0 Å². The Morgan fingerprint density at radius 1 is 1.33 bits per heavy atom. The fourth-order valence-electron chi connectivity index (χ4n) is 3.54. The number of thiophene rings is 1. The van der Waals surface area contributed by atoms with Gasteiger partial charge in [0.1, 0.15) is 4.83 Å². The maximum atomic E-state index is 13.3. The minimum atomic E-state index is -0.0744. The van der Waals surface area contributed by atoms with E-state index < -0.39 is 0 Å². The van der Waals surface area contributed by atoms with Crippen molar-refractivity contribution >= 4 is 39.2 Å². The molecule has 1 fully saturated rings. The number of carbonyl (C=O) groups is 1. The first-order valence-corrected chi connectivity index (χ1v) is 11.9. The molecule has 1 aliphatic heterocycles. The van der Waals surface area contributed by atoms with Gasteiger partial charge in [-0.25, -0.2) is 4.98 Å². The van der Waals surface area contributed by atoms with Crippen molar-refractivity contribution in [3.8, 4) is 0 Å². The first-order valence-electron chi connectivity index (χ1n) is 10.1. The Hall–Kier alpha value is -2.16. The molecular weight excluding hydrogens is 418 g/mol. The number of rotatable bonds is 7. The van der Waals surface area contributed by atoms with Crippen LogP contribution in [0.2, 0.25) is 0 Å². The Bertz CT molecular complexity index is 1100. The molecule has 0 saturated carbocycles. The van der Waals surface area contributed by atoms with Gasteiger partial charge in [0.25, 0.3) is 5.56 Å². The lowest BCUT2D eigenvalue weighted by Gasteiger charge is -2.13. The molecule has 3 aromatic rings. The molecule has 1 amide bonds. The molecule has 1 atom stereocenters. The maximum Gasteiger partial charge on any atom is 0.263 e. The zero-order valence-corrected chi connectivity index (χ0v) is 18.8. The Labute approximate surface area is 183 Å². The van der Waals surface area contributed by atoms with Gasteiger partial charge in [-0.05, 0) is 37.8 Å². The zero-order valence-electron chi connectivity index (χ0n) is 17.1. The number of benzene rings is 1. The Kier molecular flexibility index (Phi) is 6.55. The van der Waals surface area contributed by atoms with Crippen LogP contribution in [-0.4, -0.2) is 40.5 Å². The molecule has 0 radical (unpaired) electrons. The van der Waals surface area contributed by atoms with E-state index in [1.165, 1.54) is 23.1 Å². The molecule has 1 aliphatic rings. The van der Waals surface area contributed by atoms with E-state index in [-0.39, 0.29) is 23.3 Å². The lowest BCUT2D eigenvalue weighted by atomic mass is 10.2. The molecule has 1 aromatic carbocycles. The summed E-state index contributed by atoms with van der Waals surface area (Å²) in [7, 11) is 0. The third kappa shape index (κ3) is 4.61. The van der Waals surface area contributed by atoms with Gasteiger partial charge in [0.2, 0.25) is 5.91 Å². The van der Waals surface area contributed by atoms with Gasteiger partial charge in [0.15, 0.2) is 5.16 Å². The van der Waals surface area contributed by atoms with Crippen LogP contribution in [0.3, 0.4) is 0 Å². The average molecular weight is 444 g/mol. The largest absolute Gasteiger partial charge is 0.376 e. The second kappa shape index (κ2) is 9.32. The van der Waals surface area contributed by atoms with Crippen molar-refractivity contribution in [2.45, 2.75) is 44.5 Å². The Balaban J connectivity index is 1.57. The minimum Gasteiger partial charge on any atom is -0.376 e. The summed E-state index contributed by atoms with van der Waals surface area (Å²) < 4.78 is 7.24. The summed E-state index contributed by atoms with van der Waals surface area (Å²) in [5.74, 6) is 0.137. The highest BCUT2D eigenvalue weighted by molar-refractivity contribution is 7.99. The number of ether oxygens (including phenoxy) is 1. The number of aromatic nitrogens is 2. The number of amides is 1. The van der Waals surface area contributed by atoms with Crippen LogP contribution in [0.5, 0.6) is 0 Å². The maximum absolute atomic E-state index is 13.3. The summed E-state index contributed by atoms with van der Waals surface area (Å²) in [6, 6.07) is 9.85. The quantitative estimate of drug-likeness (QED) is 0.447. The van der Waals surface area contributed by atoms with E-state index in [0.717, 1.165) is 40.3 Å². The van der Waals surface area contributed by atoms with Gasteiger partial charge in [-0.3, -0.25) is 14.2 Å². The molecule has 1 saturated heterocycles. The van der Waals surface area contributed by atoms with Gasteiger partial charge < -0.3 is 10.1 Å². The van der Waals surface area contributed by atoms with Crippen molar-refractivity contribution in [1.29, 1.82) is 0 Å². The number of hydrogen-bond acceptors (Lipinski definition) is 6. The molecule has 0 spiro atoms. The predicted molar refractivity (Wildman–Crippen MR) is 122 cm³/mol. The molecule has 3 heterocycles. The van der Waals surface area contributed by atoms with E-state index in [1.54, 1.807) is 4.57 Å². The van der Waals surface area contributed by atoms with Crippen LogP contribution in [-0.2, 0) is 16.1 Å². The fraction of sp³-hybridized carbons (Fsp3) is 0.409. The molecule has 4 rings (SSSR count). The van der Waals surface area contributed by atoms with Crippen LogP contribution in [0.25, 0.3) is 10.2 Å². The minimum absolute atomic E-state index is 0.0482. The molecular formula is C22H25N3O3S2.